The molecule has 0 fully saturated rings. The molecule has 0 spiro atoms. The van der Waals surface area contributed by atoms with Crippen LogP contribution < -0.4 is 5.32 Å². The van der Waals surface area contributed by atoms with Gasteiger partial charge >= 0.3 is 0 Å². The molecule has 0 radical (unpaired) electrons. The van der Waals surface area contributed by atoms with E-state index in [4.69, 9.17) is 0 Å². The first kappa shape index (κ1) is 14.5. The first-order valence-corrected chi connectivity index (χ1v) is 7.82. The maximum Gasteiger partial charge on any atom is 0.251 e. The summed E-state index contributed by atoms with van der Waals surface area (Å²) in [6.07, 6.45) is 0. The maximum absolute atomic E-state index is 12.8. The molecular weight excluding hydrogens is 297 g/mol. The summed E-state index contributed by atoms with van der Waals surface area (Å²) in [5.74, 6) is -0.416. The zero-order valence-electron chi connectivity index (χ0n) is 11.8. The van der Waals surface area contributed by atoms with E-state index in [0.717, 1.165) is 16.7 Å². The zero-order valence-corrected chi connectivity index (χ0v) is 12.6. The Labute approximate surface area is 132 Å². The van der Waals surface area contributed by atoms with Crippen molar-refractivity contribution >= 4 is 17.2 Å². The molecule has 1 amide bonds. The van der Waals surface area contributed by atoms with Crippen LogP contribution >= 0.6 is 11.3 Å². The second-order valence-electron chi connectivity index (χ2n) is 4.90. The molecule has 1 heterocycles. The lowest BCUT2D eigenvalue weighted by atomic mass is 10.1. The SMILES string of the molecule is O=C(NCc1ccc(F)cc1)c1ccc(-c2ccsc2)cc1. The van der Waals surface area contributed by atoms with E-state index in [9.17, 15) is 9.18 Å². The highest BCUT2D eigenvalue weighted by molar-refractivity contribution is 7.08. The van der Waals surface area contributed by atoms with Crippen LogP contribution in [0.15, 0.2) is 65.4 Å². The van der Waals surface area contributed by atoms with Gasteiger partial charge in [-0.05, 0) is 57.8 Å². The number of amides is 1. The van der Waals surface area contributed by atoms with E-state index in [2.05, 4.69) is 10.7 Å². The molecule has 0 aliphatic rings. The Morgan fingerprint density at radius 3 is 2.32 bits per heavy atom. The molecular formula is C18H14FNOS. The fourth-order valence-corrected chi connectivity index (χ4v) is 2.79. The minimum absolute atomic E-state index is 0.138. The summed E-state index contributed by atoms with van der Waals surface area (Å²) in [4.78, 5) is 12.1. The standard InChI is InChI=1S/C18H14FNOS/c19-17-7-1-13(2-8-17)11-20-18(21)15-5-3-14(4-6-15)16-9-10-22-12-16/h1-10,12H,11H2,(H,20,21). The van der Waals surface area contributed by atoms with Gasteiger partial charge in [-0.3, -0.25) is 4.79 Å². The molecule has 0 unspecified atom stereocenters. The van der Waals surface area contributed by atoms with Gasteiger partial charge in [0.25, 0.3) is 5.91 Å². The smallest absolute Gasteiger partial charge is 0.251 e. The summed E-state index contributed by atoms with van der Waals surface area (Å²) in [5, 5.41) is 6.93. The predicted octanol–water partition coefficient (Wildman–Crippen LogP) is 4.48. The second kappa shape index (κ2) is 6.54. The highest BCUT2D eigenvalue weighted by Gasteiger charge is 2.06. The van der Waals surface area contributed by atoms with Crippen LogP contribution in [-0.2, 0) is 6.54 Å². The summed E-state index contributed by atoms with van der Waals surface area (Å²) in [7, 11) is 0. The number of benzene rings is 2. The van der Waals surface area contributed by atoms with Crippen LogP contribution in [0.1, 0.15) is 15.9 Å². The van der Waals surface area contributed by atoms with E-state index < -0.39 is 0 Å². The monoisotopic (exact) mass is 311 g/mol. The van der Waals surface area contributed by atoms with Crippen molar-refractivity contribution in [1.29, 1.82) is 0 Å². The average Bonchev–Trinajstić information content (AvgIpc) is 3.09. The lowest BCUT2D eigenvalue weighted by molar-refractivity contribution is 0.0951. The maximum atomic E-state index is 12.8. The lowest BCUT2D eigenvalue weighted by Crippen LogP contribution is -2.22. The van der Waals surface area contributed by atoms with Crippen molar-refractivity contribution in [1.82, 2.24) is 5.32 Å². The third-order valence-electron chi connectivity index (χ3n) is 3.37. The molecule has 22 heavy (non-hydrogen) atoms. The molecule has 0 aliphatic carbocycles. The third kappa shape index (κ3) is 3.40. The van der Waals surface area contributed by atoms with E-state index >= 15 is 0 Å². The molecule has 2 aromatic carbocycles. The molecule has 4 heteroatoms. The van der Waals surface area contributed by atoms with Crippen LogP contribution in [-0.4, -0.2) is 5.91 Å². The van der Waals surface area contributed by atoms with Gasteiger partial charge in [-0.2, -0.15) is 11.3 Å². The summed E-state index contributed by atoms with van der Waals surface area (Å²) >= 11 is 1.65. The highest BCUT2D eigenvalue weighted by Crippen LogP contribution is 2.22. The normalized spacial score (nSPS) is 10.4. The van der Waals surface area contributed by atoms with Gasteiger partial charge in [0.1, 0.15) is 5.82 Å². The Kier molecular flexibility index (Phi) is 4.30. The molecule has 0 saturated heterocycles. The predicted molar refractivity (Wildman–Crippen MR) is 87.3 cm³/mol. The van der Waals surface area contributed by atoms with Gasteiger partial charge in [0, 0.05) is 12.1 Å². The van der Waals surface area contributed by atoms with Gasteiger partial charge < -0.3 is 5.32 Å². The molecule has 0 atom stereocenters. The summed E-state index contributed by atoms with van der Waals surface area (Å²) in [6.45, 7) is 0.380. The molecule has 0 saturated carbocycles. The van der Waals surface area contributed by atoms with Gasteiger partial charge in [0.15, 0.2) is 0 Å². The average molecular weight is 311 g/mol. The van der Waals surface area contributed by atoms with Crippen molar-refractivity contribution in [3.8, 4) is 11.1 Å². The molecule has 3 rings (SSSR count). The molecule has 3 aromatic rings. The molecule has 0 aliphatic heterocycles. The highest BCUT2D eigenvalue weighted by atomic mass is 32.1. The summed E-state index contributed by atoms with van der Waals surface area (Å²) in [6, 6.07) is 15.6. The Hall–Kier alpha value is -2.46. The quantitative estimate of drug-likeness (QED) is 0.756. The number of nitrogens with one attached hydrogen (secondary N) is 1. The van der Waals surface area contributed by atoms with E-state index in [1.165, 1.54) is 12.1 Å². The number of rotatable bonds is 4. The van der Waals surface area contributed by atoms with Gasteiger partial charge in [0.05, 0.1) is 0 Å². The van der Waals surface area contributed by atoms with Gasteiger partial charge in [0.2, 0.25) is 0 Å². The Balaban J connectivity index is 1.63. The zero-order chi connectivity index (χ0) is 15.4. The van der Waals surface area contributed by atoms with Gasteiger partial charge in [-0.25, -0.2) is 4.39 Å². The van der Waals surface area contributed by atoms with Crippen molar-refractivity contribution in [2.24, 2.45) is 0 Å². The number of hydrogen-bond acceptors (Lipinski definition) is 2. The van der Waals surface area contributed by atoms with E-state index in [1.54, 1.807) is 23.5 Å². The van der Waals surface area contributed by atoms with Crippen molar-refractivity contribution in [3.05, 3.63) is 82.3 Å². The Morgan fingerprint density at radius 1 is 0.955 bits per heavy atom. The van der Waals surface area contributed by atoms with Crippen LogP contribution in [0.5, 0.6) is 0 Å². The molecule has 0 bridgehead atoms. The largest absolute Gasteiger partial charge is 0.348 e. The topological polar surface area (TPSA) is 29.1 Å². The van der Waals surface area contributed by atoms with Crippen molar-refractivity contribution in [3.63, 3.8) is 0 Å². The van der Waals surface area contributed by atoms with Crippen LogP contribution in [0.2, 0.25) is 0 Å². The number of carbonyl (C=O) groups excluding carboxylic acids is 1. The van der Waals surface area contributed by atoms with E-state index in [-0.39, 0.29) is 11.7 Å². The lowest BCUT2D eigenvalue weighted by Gasteiger charge is -2.06. The third-order valence-corrected chi connectivity index (χ3v) is 4.05. The van der Waals surface area contributed by atoms with Crippen LogP contribution in [0.4, 0.5) is 4.39 Å². The number of halogens is 1. The van der Waals surface area contributed by atoms with Crippen LogP contribution in [0.3, 0.4) is 0 Å². The van der Waals surface area contributed by atoms with E-state index in [0.29, 0.717) is 12.1 Å². The van der Waals surface area contributed by atoms with Crippen molar-refractivity contribution < 1.29 is 9.18 Å². The fraction of sp³-hybridized carbons (Fsp3) is 0.0556. The molecule has 1 aromatic heterocycles. The number of hydrogen-bond donors (Lipinski definition) is 1. The first-order chi connectivity index (χ1) is 10.7. The molecule has 1 N–H and O–H groups in total. The summed E-state index contributed by atoms with van der Waals surface area (Å²) in [5.41, 5.74) is 3.73. The fourth-order valence-electron chi connectivity index (χ4n) is 2.13. The van der Waals surface area contributed by atoms with E-state index in [1.807, 2.05) is 35.7 Å². The Morgan fingerprint density at radius 2 is 1.68 bits per heavy atom. The van der Waals surface area contributed by atoms with Crippen molar-refractivity contribution in [2.45, 2.75) is 6.54 Å². The molecule has 110 valence electrons. The van der Waals surface area contributed by atoms with Crippen molar-refractivity contribution in [2.75, 3.05) is 0 Å². The van der Waals surface area contributed by atoms with Crippen LogP contribution in [0.25, 0.3) is 11.1 Å². The number of thiophene rings is 1. The molecule has 2 nitrogen and oxygen atoms in total. The summed E-state index contributed by atoms with van der Waals surface area (Å²) < 4.78 is 12.8. The second-order valence-corrected chi connectivity index (χ2v) is 5.68. The van der Waals surface area contributed by atoms with Gasteiger partial charge in [-0.15, -0.1) is 0 Å². The first-order valence-electron chi connectivity index (χ1n) is 6.88. The number of carbonyl (C=O) groups is 1. The van der Waals surface area contributed by atoms with Crippen LogP contribution in [0, 0.1) is 5.82 Å². The minimum Gasteiger partial charge on any atom is -0.348 e. The Bertz CT molecular complexity index is 749. The minimum atomic E-state index is -0.279. The van der Waals surface area contributed by atoms with Gasteiger partial charge in [-0.1, -0.05) is 24.3 Å².